The van der Waals surface area contributed by atoms with Crippen molar-refractivity contribution in [2.75, 3.05) is 0 Å². The molecular formula is C26H24. The first-order valence-corrected chi connectivity index (χ1v) is 8.85. The van der Waals surface area contributed by atoms with Crippen LogP contribution in [0.2, 0.25) is 0 Å². The van der Waals surface area contributed by atoms with Gasteiger partial charge in [0.1, 0.15) is 0 Å². The van der Waals surface area contributed by atoms with Crippen LogP contribution in [-0.2, 0) is 0 Å². The summed E-state index contributed by atoms with van der Waals surface area (Å²) in [5.41, 5.74) is 6.92. The molecule has 0 aliphatic rings. The van der Waals surface area contributed by atoms with Crippen LogP contribution in [0.4, 0.5) is 0 Å². The molecule has 0 heterocycles. The van der Waals surface area contributed by atoms with Crippen LogP contribution >= 0.6 is 0 Å². The van der Waals surface area contributed by atoms with E-state index in [1.807, 2.05) is 24.3 Å². The van der Waals surface area contributed by atoms with Crippen LogP contribution in [0.1, 0.15) is 25.0 Å². The van der Waals surface area contributed by atoms with Gasteiger partial charge in [0.15, 0.2) is 0 Å². The van der Waals surface area contributed by atoms with E-state index in [9.17, 15) is 0 Å². The van der Waals surface area contributed by atoms with Crippen molar-refractivity contribution in [3.8, 4) is 0 Å². The van der Waals surface area contributed by atoms with Crippen molar-refractivity contribution in [1.29, 1.82) is 0 Å². The van der Waals surface area contributed by atoms with E-state index in [1.54, 1.807) is 0 Å². The Morgan fingerprint density at radius 1 is 0.769 bits per heavy atom. The minimum absolute atomic E-state index is 1.01. The molecule has 0 bridgehead atoms. The zero-order valence-corrected chi connectivity index (χ0v) is 15.5. The predicted molar refractivity (Wildman–Crippen MR) is 116 cm³/mol. The third-order valence-corrected chi connectivity index (χ3v) is 4.67. The molecule has 0 atom stereocenters. The minimum atomic E-state index is 1.01. The van der Waals surface area contributed by atoms with Gasteiger partial charge in [0, 0.05) is 0 Å². The van der Waals surface area contributed by atoms with Crippen molar-refractivity contribution in [2.24, 2.45) is 0 Å². The number of benzene rings is 3. The van der Waals surface area contributed by atoms with E-state index in [0.29, 0.717) is 0 Å². The summed E-state index contributed by atoms with van der Waals surface area (Å²) < 4.78 is 0. The van der Waals surface area contributed by atoms with E-state index in [4.69, 9.17) is 0 Å². The third-order valence-electron chi connectivity index (χ3n) is 4.67. The fraction of sp³-hybridized carbons (Fsp3) is 0.0769. The number of rotatable bonds is 5. The molecule has 0 unspecified atom stereocenters. The van der Waals surface area contributed by atoms with E-state index in [1.165, 1.54) is 27.5 Å². The fourth-order valence-corrected chi connectivity index (χ4v) is 3.28. The zero-order chi connectivity index (χ0) is 18.5. The molecule has 0 aliphatic carbocycles. The lowest BCUT2D eigenvalue weighted by molar-refractivity contribution is 1.43. The summed E-state index contributed by atoms with van der Waals surface area (Å²) in [6.45, 7) is 12.5. The molecule has 0 saturated carbocycles. The van der Waals surface area contributed by atoms with Crippen LogP contribution in [-0.4, -0.2) is 0 Å². The quantitative estimate of drug-likeness (QED) is 0.424. The van der Waals surface area contributed by atoms with Crippen LogP contribution in [0.25, 0.3) is 21.9 Å². The molecule has 3 rings (SSSR count). The largest absolute Gasteiger partial charge is 0.0988 e. The van der Waals surface area contributed by atoms with Gasteiger partial charge < -0.3 is 0 Å². The first-order valence-electron chi connectivity index (χ1n) is 8.85. The lowest BCUT2D eigenvalue weighted by Crippen LogP contribution is -1.92. The summed E-state index contributed by atoms with van der Waals surface area (Å²) in [4.78, 5) is 0. The van der Waals surface area contributed by atoms with Gasteiger partial charge in [-0.2, -0.15) is 0 Å². The molecule has 128 valence electrons. The molecule has 0 nitrogen and oxygen atoms in total. The van der Waals surface area contributed by atoms with Crippen molar-refractivity contribution in [2.45, 2.75) is 13.8 Å². The molecule has 3 aromatic rings. The van der Waals surface area contributed by atoms with Crippen molar-refractivity contribution >= 4 is 21.9 Å². The number of fused-ring (bicyclic) bond motifs is 1. The highest BCUT2D eigenvalue weighted by molar-refractivity contribution is 5.92. The molecule has 0 amide bonds. The van der Waals surface area contributed by atoms with E-state index >= 15 is 0 Å². The molecule has 0 heteroatoms. The highest BCUT2D eigenvalue weighted by Crippen LogP contribution is 2.31. The van der Waals surface area contributed by atoms with Crippen LogP contribution in [0.5, 0.6) is 0 Å². The van der Waals surface area contributed by atoms with Gasteiger partial charge in [-0.3, -0.25) is 0 Å². The van der Waals surface area contributed by atoms with Gasteiger partial charge >= 0.3 is 0 Å². The Morgan fingerprint density at radius 3 is 2.12 bits per heavy atom. The van der Waals surface area contributed by atoms with Crippen LogP contribution in [0.3, 0.4) is 0 Å². The summed E-state index contributed by atoms with van der Waals surface area (Å²) in [6, 6.07) is 25.3. The summed E-state index contributed by atoms with van der Waals surface area (Å²) in [6.07, 6.45) is 4.08. The SMILES string of the molecule is C=C/C(C)=C(/C(C)=C/C(=C)c1ccccc1)c1ccc2ccccc2c1. The van der Waals surface area contributed by atoms with Crippen LogP contribution in [0, 0.1) is 0 Å². The van der Waals surface area contributed by atoms with Crippen LogP contribution in [0.15, 0.2) is 109 Å². The molecule has 0 N–H and O–H groups in total. The van der Waals surface area contributed by atoms with Crippen molar-refractivity contribution in [3.05, 3.63) is 120 Å². The second-order valence-electron chi connectivity index (χ2n) is 6.54. The summed E-state index contributed by atoms with van der Waals surface area (Å²) >= 11 is 0. The van der Waals surface area contributed by atoms with Crippen LogP contribution < -0.4 is 0 Å². The van der Waals surface area contributed by atoms with Crippen molar-refractivity contribution in [3.63, 3.8) is 0 Å². The van der Waals surface area contributed by atoms with Crippen molar-refractivity contribution < 1.29 is 0 Å². The molecule has 0 aromatic heterocycles. The maximum Gasteiger partial charge on any atom is -0.0125 e. The normalized spacial score (nSPS) is 12.6. The van der Waals surface area contributed by atoms with E-state index in [0.717, 1.165) is 16.7 Å². The van der Waals surface area contributed by atoms with E-state index in [2.05, 4.69) is 87.7 Å². The van der Waals surface area contributed by atoms with E-state index in [-0.39, 0.29) is 0 Å². The van der Waals surface area contributed by atoms with E-state index < -0.39 is 0 Å². The second-order valence-corrected chi connectivity index (χ2v) is 6.54. The number of hydrogen-bond acceptors (Lipinski definition) is 0. The minimum Gasteiger partial charge on any atom is -0.0988 e. The highest BCUT2D eigenvalue weighted by Gasteiger charge is 2.09. The third kappa shape index (κ3) is 3.75. The average Bonchev–Trinajstić information content (AvgIpc) is 2.68. The summed E-state index contributed by atoms with van der Waals surface area (Å²) in [7, 11) is 0. The van der Waals surface area contributed by atoms with Crippen molar-refractivity contribution in [1.82, 2.24) is 0 Å². The molecule has 3 aromatic carbocycles. The van der Waals surface area contributed by atoms with Gasteiger partial charge in [0.05, 0.1) is 0 Å². The van der Waals surface area contributed by atoms with Gasteiger partial charge in [-0.05, 0) is 64.1 Å². The Bertz CT molecular complexity index is 1010. The smallest absolute Gasteiger partial charge is 0.0125 e. The summed E-state index contributed by atoms with van der Waals surface area (Å²) in [5, 5.41) is 2.50. The molecular weight excluding hydrogens is 312 g/mol. The van der Waals surface area contributed by atoms with Gasteiger partial charge in [-0.1, -0.05) is 92.0 Å². The Labute approximate surface area is 156 Å². The van der Waals surface area contributed by atoms with Gasteiger partial charge in [0.2, 0.25) is 0 Å². The molecule has 0 saturated heterocycles. The van der Waals surface area contributed by atoms with Gasteiger partial charge in [0.25, 0.3) is 0 Å². The maximum absolute atomic E-state index is 4.25. The predicted octanol–water partition coefficient (Wildman–Crippen LogP) is 7.46. The van der Waals surface area contributed by atoms with Gasteiger partial charge in [-0.15, -0.1) is 0 Å². The molecule has 0 radical (unpaired) electrons. The Kier molecular flexibility index (Phi) is 5.34. The average molecular weight is 336 g/mol. The Hall–Kier alpha value is -3.12. The number of allylic oxidation sites excluding steroid dienone is 6. The van der Waals surface area contributed by atoms with Gasteiger partial charge in [-0.25, -0.2) is 0 Å². The second kappa shape index (κ2) is 7.84. The zero-order valence-electron chi connectivity index (χ0n) is 15.5. The molecule has 0 spiro atoms. The molecule has 26 heavy (non-hydrogen) atoms. The maximum atomic E-state index is 4.25. The standard InChI is InChI=1S/C26H24/c1-5-19(2)26(21(4)17-20(3)22-11-7-6-8-12-22)25-16-15-23-13-9-10-14-24(23)18-25/h5-18H,1,3H2,2,4H3/b21-17+,26-19-. The lowest BCUT2D eigenvalue weighted by atomic mass is 9.91. The monoisotopic (exact) mass is 336 g/mol. The Morgan fingerprint density at radius 2 is 1.42 bits per heavy atom. The first-order chi connectivity index (χ1) is 12.6. The summed E-state index contributed by atoms with van der Waals surface area (Å²) in [5.74, 6) is 0. The Balaban J connectivity index is 2.07. The number of hydrogen-bond donors (Lipinski definition) is 0. The fourth-order valence-electron chi connectivity index (χ4n) is 3.28. The molecule has 0 fully saturated rings. The first kappa shape index (κ1) is 17.7. The molecule has 0 aliphatic heterocycles. The lowest BCUT2D eigenvalue weighted by Gasteiger charge is -2.14. The topological polar surface area (TPSA) is 0 Å². The highest BCUT2D eigenvalue weighted by atomic mass is 14.1.